The fraction of sp³-hybridized carbons (Fsp3) is 0.111. The lowest BCUT2D eigenvalue weighted by Gasteiger charge is -2.04. The third kappa shape index (κ3) is 2.03. The third-order valence-electron chi connectivity index (χ3n) is 1.67. The number of rotatable bonds is 2. The number of hydrogen-bond acceptors (Lipinski definition) is 3. The number of nitrogens with zero attached hydrogens (tertiary/aromatic N) is 1. The second kappa shape index (κ2) is 4.62. The summed E-state index contributed by atoms with van der Waals surface area (Å²) in [5.74, 6) is -0.486. The number of carbonyl (C=O) groups excluding carboxylic acids is 1. The maximum atomic E-state index is 11.2. The van der Waals surface area contributed by atoms with Crippen molar-refractivity contribution in [3.8, 4) is 0 Å². The normalized spacial score (nSPS) is 11.1. The summed E-state index contributed by atoms with van der Waals surface area (Å²) in [6.07, 6.45) is 0. The summed E-state index contributed by atoms with van der Waals surface area (Å²) in [6.45, 7) is 0. The highest BCUT2D eigenvalue weighted by molar-refractivity contribution is 6.48. The minimum atomic E-state index is -0.486. The Hall–Kier alpha value is -1.55. The molecule has 1 aromatic rings. The molecule has 0 spiro atoms. The van der Waals surface area contributed by atoms with Crippen LogP contribution in [0.1, 0.15) is 5.56 Å². The van der Waals surface area contributed by atoms with Crippen LogP contribution in [0.3, 0.4) is 0 Å². The van der Waals surface area contributed by atoms with Crippen molar-refractivity contribution in [2.75, 3.05) is 7.05 Å². The molecule has 1 aromatic carbocycles. The highest BCUT2D eigenvalue weighted by atomic mass is 35.5. The van der Waals surface area contributed by atoms with Crippen LogP contribution in [-0.4, -0.2) is 23.9 Å². The molecule has 2 N–H and O–H groups in total. The van der Waals surface area contributed by atoms with E-state index in [2.05, 4.69) is 10.5 Å². The molecule has 0 aliphatic heterocycles. The van der Waals surface area contributed by atoms with Crippen LogP contribution in [-0.2, 0) is 4.79 Å². The maximum Gasteiger partial charge on any atom is 0.273 e. The molecule has 5 heteroatoms. The van der Waals surface area contributed by atoms with Gasteiger partial charge in [-0.25, -0.2) is 0 Å². The smallest absolute Gasteiger partial charge is 0.273 e. The first kappa shape index (κ1) is 10.5. The van der Waals surface area contributed by atoms with E-state index in [1.165, 1.54) is 7.05 Å². The predicted molar refractivity (Wildman–Crippen MR) is 53.8 cm³/mol. The Morgan fingerprint density at radius 3 is 2.64 bits per heavy atom. The van der Waals surface area contributed by atoms with Gasteiger partial charge < -0.3 is 10.5 Å². The zero-order valence-electron chi connectivity index (χ0n) is 7.49. The van der Waals surface area contributed by atoms with Gasteiger partial charge in [0.2, 0.25) is 0 Å². The highest BCUT2D eigenvalue weighted by Crippen LogP contribution is 2.15. The Morgan fingerprint density at radius 1 is 1.50 bits per heavy atom. The molecule has 0 bridgehead atoms. The number of likely N-dealkylation sites (N-methyl/N-ethyl adjacent to an activating group) is 1. The van der Waals surface area contributed by atoms with Gasteiger partial charge in [0.15, 0.2) is 5.71 Å². The first-order valence-electron chi connectivity index (χ1n) is 3.89. The summed E-state index contributed by atoms with van der Waals surface area (Å²) in [4.78, 5) is 11.2. The van der Waals surface area contributed by atoms with Crippen molar-refractivity contribution in [2.45, 2.75) is 0 Å². The third-order valence-corrected chi connectivity index (χ3v) is 2.00. The van der Waals surface area contributed by atoms with Gasteiger partial charge in [-0.05, 0) is 6.07 Å². The van der Waals surface area contributed by atoms with Gasteiger partial charge in [-0.2, -0.15) is 0 Å². The van der Waals surface area contributed by atoms with Crippen LogP contribution in [0.15, 0.2) is 29.4 Å². The van der Waals surface area contributed by atoms with Gasteiger partial charge in [0.05, 0.1) is 5.02 Å². The molecule has 0 aliphatic rings. The number of amides is 1. The van der Waals surface area contributed by atoms with Crippen LogP contribution in [0, 0.1) is 0 Å². The second-order valence-corrected chi connectivity index (χ2v) is 2.91. The summed E-state index contributed by atoms with van der Waals surface area (Å²) in [7, 11) is 1.45. The molecule has 0 aliphatic carbocycles. The standard InChI is InChI=1S/C9H9ClN2O2/c1-11-9(13)8(12-14)6-4-2-3-5-7(6)10/h2-5,14H,1H3,(H,11,13)/b12-8-. The summed E-state index contributed by atoms with van der Waals surface area (Å²) < 4.78 is 0. The molecule has 0 unspecified atom stereocenters. The number of nitrogens with one attached hydrogen (secondary N) is 1. The predicted octanol–water partition coefficient (Wildman–Crippen LogP) is 1.26. The van der Waals surface area contributed by atoms with Gasteiger partial charge in [0, 0.05) is 12.6 Å². The van der Waals surface area contributed by atoms with Gasteiger partial charge in [-0.1, -0.05) is 35.0 Å². The molecule has 4 nitrogen and oxygen atoms in total. The van der Waals surface area contributed by atoms with Crippen LogP contribution < -0.4 is 5.32 Å². The zero-order valence-corrected chi connectivity index (χ0v) is 8.25. The van der Waals surface area contributed by atoms with Gasteiger partial charge in [-0.3, -0.25) is 4.79 Å². The van der Waals surface area contributed by atoms with E-state index in [1.807, 2.05) is 0 Å². The molecule has 0 radical (unpaired) electrons. The van der Waals surface area contributed by atoms with Crippen molar-refractivity contribution < 1.29 is 10.0 Å². The fourth-order valence-corrected chi connectivity index (χ4v) is 1.22. The molecule has 0 fully saturated rings. The number of carbonyl (C=O) groups is 1. The van der Waals surface area contributed by atoms with Crippen LogP contribution in [0.2, 0.25) is 5.02 Å². The summed E-state index contributed by atoms with van der Waals surface area (Å²) >= 11 is 5.83. The lowest BCUT2D eigenvalue weighted by molar-refractivity contribution is -0.114. The fourth-order valence-electron chi connectivity index (χ4n) is 0.993. The molecule has 0 saturated carbocycles. The van der Waals surface area contributed by atoms with E-state index >= 15 is 0 Å². The SMILES string of the molecule is CNC(=O)/C(=N\O)c1ccccc1Cl. The minimum Gasteiger partial charge on any atom is -0.410 e. The van der Waals surface area contributed by atoms with E-state index < -0.39 is 5.91 Å². The molecule has 0 atom stereocenters. The Morgan fingerprint density at radius 2 is 2.14 bits per heavy atom. The largest absolute Gasteiger partial charge is 0.410 e. The van der Waals surface area contributed by atoms with Crippen molar-refractivity contribution >= 4 is 23.2 Å². The van der Waals surface area contributed by atoms with Crippen molar-refractivity contribution in [3.63, 3.8) is 0 Å². The molecule has 0 saturated heterocycles. The van der Waals surface area contributed by atoms with Gasteiger partial charge in [-0.15, -0.1) is 0 Å². The van der Waals surface area contributed by atoms with Crippen molar-refractivity contribution in [1.82, 2.24) is 5.32 Å². The molecule has 0 heterocycles. The molecular weight excluding hydrogens is 204 g/mol. The van der Waals surface area contributed by atoms with Gasteiger partial charge in [0.25, 0.3) is 5.91 Å². The average Bonchev–Trinajstić information content (AvgIpc) is 2.21. The summed E-state index contributed by atoms with van der Waals surface area (Å²) in [5.41, 5.74) is 0.300. The van der Waals surface area contributed by atoms with E-state index in [0.717, 1.165) is 0 Å². The molecule has 1 rings (SSSR count). The summed E-state index contributed by atoms with van der Waals surface area (Å²) in [5, 5.41) is 14.3. The average molecular weight is 213 g/mol. The first-order chi connectivity index (χ1) is 6.70. The lowest BCUT2D eigenvalue weighted by atomic mass is 10.1. The highest BCUT2D eigenvalue weighted by Gasteiger charge is 2.15. The molecular formula is C9H9ClN2O2. The van der Waals surface area contributed by atoms with E-state index in [-0.39, 0.29) is 5.71 Å². The molecule has 14 heavy (non-hydrogen) atoms. The molecule has 74 valence electrons. The topological polar surface area (TPSA) is 61.7 Å². The number of hydrogen-bond donors (Lipinski definition) is 2. The van der Waals surface area contributed by atoms with Crippen LogP contribution in [0.4, 0.5) is 0 Å². The summed E-state index contributed by atoms with van der Waals surface area (Å²) in [6, 6.07) is 6.65. The minimum absolute atomic E-state index is 0.0990. The maximum absolute atomic E-state index is 11.2. The van der Waals surface area contributed by atoms with Crippen molar-refractivity contribution in [1.29, 1.82) is 0 Å². The zero-order chi connectivity index (χ0) is 10.6. The van der Waals surface area contributed by atoms with Gasteiger partial charge >= 0.3 is 0 Å². The number of benzene rings is 1. The van der Waals surface area contributed by atoms with E-state index in [1.54, 1.807) is 24.3 Å². The van der Waals surface area contributed by atoms with E-state index in [4.69, 9.17) is 16.8 Å². The number of oxime groups is 1. The van der Waals surface area contributed by atoms with Crippen LogP contribution >= 0.6 is 11.6 Å². The number of halogens is 1. The first-order valence-corrected chi connectivity index (χ1v) is 4.27. The quantitative estimate of drug-likeness (QED) is 0.441. The Bertz CT molecular complexity index is 377. The Kier molecular flexibility index (Phi) is 3.48. The Labute approximate surface area is 86.2 Å². The molecule has 1 amide bonds. The Balaban J connectivity index is 3.15. The molecule has 0 aromatic heterocycles. The van der Waals surface area contributed by atoms with E-state index in [0.29, 0.717) is 10.6 Å². The van der Waals surface area contributed by atoms with E-state index in [9.17, 15) is 4.79 Å². The van der Waals surface area contributed by atoms with Gasteiger partial charge in [0.1, 0.15) is 0 Å². The van der Waals surface area contributed by atoms with Crippen LogP contribution in [0.5, 0.6) is 0 Å². The van der Waals surface area contributed by atoms with Crippen molar-refractivity contribution in [3.05, 3.63) is 34.9 Å². The second-order valence-electron chi connectivity index (χ2n) is 2.51. The van der Waals surface area contributed by atoms with Crippen molar-refractivity contribution in [2.24, 2.45) is 5.16 Å². The monoisotopic (exact) mass is 212 g/mol. The van der Waals surface area contributed by atoms with Crippen LogP contribution in [0.25, 0.3) is 0 Å². The lowest BCUT2D eigenvalue weighted by Crippen LogP contribution is -2.28.